The Morgan fingerprint density at radius 2 is 1.81 bits per heavy atom. The maximum absolute atomic E-state index is 11.3. The molecule has 0 N–H and O–H groups in total. The molecule has 0 aliphatic heterocycles. The van der Waals surface area contributed by atoms with Crippen LogP contribution in [0.5, 0.6) is 0 Å². The summed E-state index contributed by atoms with van der Waals surface area (Å²) in [5.74, 6) is -0.474. The van der Waals surface area contributed by atoms with Gasteiger partial charge in [0.25, 0.3) is 0 Å². The second-order valence-corrected chi connectivity index (χ2v) is 4.28. The van der Waals surface area contributed by atoms with Gasteiger partial charge in [-0.1, -0.05) is 20.4 Å². The Bertz CT molecular complexity index is 268. The summed E-state index contributed by atoms with van der Waals surface area (Å²) in [6.07, 6.45) is -0.0479. The van der Waals surface area contributed by atoms with Gasteiger partial charge in [-0.2, -0.15) is 0 Å². The van der Waals surface area contributed by atoms with Crippen LogP contribution < -0.4 is 0 Å². The lowest BCUT2D eigenvalue weighted by atomic mass is 10.1. The van der Waals surface area contributed by atoms with Crippen LogP contribution in [0.15, 0.2) is 12.2 Å². The van der Waals surface area contributed by atoms with E-state index in [9.17, 15) is 9.59 Å². The highest BCUT2D eigenvalue weighted by Gasteiger charge is 2.13. The van der Waals surface area contributed by atoms with Gasteiger partial charge in [0, 0.05) is 12.0 Å². The Labute approximate surface area is 96.6 Å². The summed E-state index contributed by atoms with van der Waals surface area (Å²) >= 11 is 0. The Hall–Kier alpha value is -1.32. The van der Waals surface area contributed by atoms with Crippen LogP contribution in [0.3, 0.4) is 0 Å². The van der Waals surface area contributed by atoms with E-state index in [0.29, 0.717) is 12.0 Å². The SMILES string of the molecule is C=C(C)C(=O)OCC(C)OC(=O)CC(C)C. The van der Waals surface area contributed by atoms with Gasteiger partial charge in [-0.15, -0.1) is 0 Å². The van der Waals surface area contributed by atoms with Crippen LogP contribution in [-0.4, -0.2) is 24.6 Å². The van der Waals surface area contributed by atoms with Gasteiger partial charge in [0.05, 0.1) is 0 Å². The number of rotatable bonds is 6. The smallest absolute Gasteiger partial charge is 0.333 e. The molecule has 0 aromatic rings. The van der Waals surface area contributed by atoms with Gasteiger partial charge in [-0.3, -0.25) is 4.79 Å². The first-order valence-electron chi connectivity index (χ1n) is 5.35. The Morgan fingerprint density at radius 1 is 1.25 bits per heavy atom. The van der Waals surface area contributed by atoms with Crippen molar-refractivity contribution in [2.24, 2.45) is 5.92 Å². The third-order valence-electron chi connectivity index (χ3n) is 1.71. The summed E-state index contributed by atoms with van der Waals surface area (Å²) in [6.45, 7) is 10.6. The van der Waals surface area contributed by atoms with Gasteiger partial charge in [0.2, 0.25) is 0 Å². The van der Waals surface area contributed by atoms with E-state index in [0.717, 1.165) is 0 Å². The Balaban J connectivity index is 3.82. The molecule has 1 unspecified atom stereocenters. The molecular formula is C12H20O4. The number of ether oxygens (including phenoxy) is 2. The lowest BCUT2D eigenvalue weighted by molar-refractivity contribution is -0.156. The topological polar surface area (TPSA) is 52.6 Å². The molecule has 0 aliphatic carbocycles. The highest BCUT2D eigenvalue weighted by Crippen LogP contribution is 2.04. The largest absolute Gasteiger partial charge is 0.459 e. The standard InChI is InChI=1S/C12H20O4/c1-8(2)6-11(13)16-10(5)7-15-12(14)9(3)4/h8,10H,3,6-7H2,1-2,4-5H3. The molecule has 16 heavy (non-hydrogen) atoms. The number of hydrogen-bond donors (Lipinski definition) is 0. The van der Waals surface area contributed by atoms with Gasteiger partial charge >= 0.3 is 11.9 Å². The monoisotopic (exact) mass is 228 g/mol. The maximum atomic E-state index is 11.3. The highest BCUT2D eigenvalue weighted by atomic mass is 16.6. The van der Waals surface area contributed by atoms with Gasteiger partial charge in [0.1, 0.15) is 12.7 Å². The molecule has 0 fully saturated rings. The van der Waals surface area contributed by atoms with Crippen LogP contribution in [-0.2, 0) is 19.1 Å². The van der Waals surface area contributed by atoms with Crippen molar-refractivity contribution in [3.8, 4) is 0 Å². The van der Waals surface area contributed by atoms with Crippen molar-refractivity contribution < 1.29 is 19.1 Å². The van der Waals surface area contributed by atoms with E-state index in [1.807, 2.05) is 13.8 Å². The molecular weight excluding hydrogens is 208 g/mol. The summed E-state index contributed by atoms with van der Waals surface area (Å²) in [7, 11) is 0. The molecule has 0 bridgehead atoms. The van der Waals surface area contributed by atoms with Crippen LogP contribution in [0, 0.1) is 5.92 Å². The van der Waals surface area contributed by atoms with Crippen molar-refractivity contribution in [1.29, 1.82) is 0 Å². The van der Waals surface area contributed by atoms with E-state index < -0.39 is 12.1 Å². The fourth-order valence-corrected chi connectivity index (χ4v) is 0.956. The first-order chi connectivity index (χ1) is 7.32. The van der Waals surface area contributed by atoms with Crippen molar-refractivity contribution in [2.75, 3.05) is 6.61 Å². The average molecular weight is 228 g/mol. The second-order valence-electron chi connectivity index (χ2n) is 4.28. The third kappa shape index (κ3) is 7.04. The molecule has 0 aromatic carbocycles. The fraction of sp³-hybridized carbons (Fsp3) is 0.667. The van der Waals surface area contributed by atoms with Gasteiger partial charge in [0.15, 0.2) is 0 Å². The Kier molecular flexibility index (Phi) is 6.46. The zero-order chi connectivity index (χ0) is 12.7. The first-order valence-corrected chi connectivity index (χ1v) is 5.35. The molecule has 0 heterocycles. The molecule has 92 valence electrons. The van der Waals surface area contributed by atoms with E-state index in [1.165, 1.54) is 0 Å². The van der Waals surface area contributed by atoms with Gasteiger partial charge in [-0.25, -0.2) is 4.79 Å². The molecule has 0 radical (unpaired) electrons. The summed E-state index contributed by atoms with van der Waals surface area (Å²) < 4.78 is 9.90. The summed E-state index contributed by atoms with van der Waals surface area (Å²) in [5, 5.41) is 0. The van der Waals surface area contributed by atoms with Crippen molar-refractivity contribution in [1.82, 2.24) is 0 Å². The second kappa shape index (κ2) is 7.04. The van der Waals surface area contributed by atoms with Gasteiger partial charge in [-0.05, 0) is 19.8 Å². The highest BCUT2D eigenvalue weighted by molar-refractivity contribution is 5.86. The number of carbonyl (C=O) groups is 2. The van der Waals surface area contributed by atoms with E-state index in [2.05, 4.69) is 6.58 Å². The molecule has 4 heteroatoms. The molecule has 0 saturated heterocycles. The molecule has 0 aliphatic rings. The zero-order valence-corrected chi connectivity index (χ0v) is 10.4. The summed E-state index contributed by atoms with van der Waals surface area (Å²) in [4.78, 5) is 22.3. The maximum Gasteiger partial charge on any atom is 0.333 e. The summed E-state index contributed by atoms with van der Waals surface area (Å²) in [6, 6.07) is 0. The van der Waals surface area contributed by atoms with Crippen LogP contribution in [0.2, 0.25) is 0 Å². The van der Waals surface area contributed by atoms with Crippen molar-refractivity contribution in [3.05, 3.63) is 12.2 Å². The first kappa shape index (κ1) is 14.7. The predicted octanol–water partition coefficient (Wildman–Crippen LogP) is 2.08. The third-order valence-corrected chi connectivity index (χ3v) is 1.71. The quantitative estimate of drug-likeness (QED) is 0.516. The molecule has 0 rings (SSSR count). The van der Waals surface area contributed by atoms with Gasteiger partial charge < -0.3 is 9.47 Å². The lowest BCUT2D eigenvalue weighted by Crippen LogP contribution is -2.23. The van der Waals surface area contributed by atoms with E-state index in [1.54, 1.807) is 13.8 Å². The minimum atomic E-state index is -0.466. The van der Waals surface area contributed by atoms with Crippen molar-refractivity contribution in [2.45, 2.75) is 40.2 Å². The minimum Gasteiger partial charge on any atom is -0.459 e. The number of carbonyl (C=O) groups excluding carboxylic acids is 2. The number of hydrogen-bond acceptors (Lipinski definition) is 4. The zero-order valence-electron chi connectivity index (χ0n) is 10.4. The number of esters is 2. The molecule has 0 saturated carbocycles. The predicted molar refractivity (Wildman–Crippen MR) is 60.8 cm³/mol. The fourth-order valence-electron chi connectivity index (χ4n) is 0.956. The van der Waals surface area contributed by atoms with E-state index in [4.69, 9.17) is 9.47 Å². The molecule has 0 amide bonds. The molecule has 0 aromatic heterocycles. The minimum absolute atomic E-state index is 0.0650. The van der Waals surface area contributed by atoms with E-state index in [-0.39, 0.29) is 18.5 Å². The van der Waals surface area contributed by atoms with Crippen molar-refractivity contribution >= 4 is 11.9 Å². The summed E-state index contributed by atoms with van der Waals surface area (Å²) in [5.41, 5.74) is 0.334. The van der Waals surface area contributed by atoms with Crippen molar-refractivity contribution in [3.63, 3.8) is 0 Å². The Morgan fingerprint density at radius 3 is 2.25 bits per heavy atom. The van der Waals surface area contributed by atoms with Crippen LogP contribution in [0.4, 0.5) is 0 Å². The van der Waals surface area contributed by atoms with Crippen LogP contribution in [0.25, 0.3) is 0 Å². The molecule has 1 atom stereocenters. The molecule has 4 nitrogen and oxygen atoms in total. The van der Waals surface area contributed by atoms with Crippen LogP contribution in [0.1, 0.15) is 34.1 Å². The molecule has 0 spiro atoms. The van der Waals surface area contributed by atoms with Crippen LogP contribution >= 0.6 is 0 Å². The average Bonchev–Trinajstić information content (AvgIpc) is 2.12. The normalized spacial score (nSPS) is 12.1. The van der Waals surface area contributed by atoms with E-state index >= 15 is 0 Å². The lowest BCUT2D eigenvalue weighted by Gasteiger charge is -2.14.